The molecular formula is C15H20N4O2S2. The van der Waals surface area contributed by atoms with Gasteiger partial charge in [-0.25, -0.2) is 9.97 Å². The zero-order valence-corrected chi connectivity index (χ0v) is 14.7. The number of nitrogens with zero attached hydrogens (tertiary/aromatic N) is 3. The number of rotatable bonds is 5. The van der Waals surface area contributed by atoms with E-state index in [9.17, 15) is 4.79 Å². The fourth-order valence-corrected chi connectivity index (χ4v) is 4.05. The average Bonchev–Trinajstić information content (AvgIpc) is 3.03. The monoisotopic (exact) mass is 352 g/mol. The lowest BCUT2D eigenvalue weighted by Gasteiger charge is -2.28. The number of hydrogen-bond acceptors (Lipinski definition) is 7. The van der Waals surface area contributed by atoms with Crippen molar-refractivity contribution in [3.63, 3.8) is 0 Å². The van der Waals surface area contributed by atoms with Gasteiger partial charge in [0.05, 0.1) is 16.9 Å². The van der Waals surface area contributed by atoms with Crippen LogP contribution in [0.3, 0.4) is 0 Å². The molecule has 1 aliphatic heterocycles. The third kappa shape index (κ3) is 3.59. The highest BCUT2D eigenvalue weighted by Crippen LogP contribution is 2.33. The molecule has 0 radical (unpaired) electrons. The molecule has 6 nitrogen and oxygen atoms in total. The average molecular weight is 352 g/mol. The number of aliphatic hydroxyl groups excluding tert-OH is 1. The van der Waals surface area contributed by atoms with Gasteiger partial charge in [-0.15, -0.1) is 11.3 Å². The van der Waals surface area contributed by atoms with E-state index in [1.165, 1.54) is 42.4 Å². The molecule has 1 amide bonds. The first-order valence-electron chi connectivity index (χ1n) is 7.72. The third-order valence-electron chi connectivity index (χ3n) is 3.81. The molecule has 124 valence electrons. The number of carbonyl (C=O) groups excluding carboxylic acids is 1. The standard InChI is InChI=1S/C15H20N4O2S2/c1-22-15-17-12(19-6-3-2-4-7-19)10-9-11(23-14(10)18-15)13(21)16-5-8-20/h9,20H,2-8H2,1H3,(H,16,21). The van der Waals surface area contributed by atoms with Crippen LogP contribution in [-0.4, -0.2) is 53.5 Å². The van der Waals surface area contributed by atoms with Crippen molar-refractivity contribution in [3.8, 4) is 0 Å². The van der Waals surface area contributed by atoms with Crippen LogP contribution in [0.15, 0.2) is 11.2 Å². The van der Waals surface area contributed by atoms with Gasteiger partial charge in [0, 0.05) is 19.6 Å². The number of amides is 1. The van der Waals surface area contributed by atoms with Crippen LogP contribution in [0.1, 0.15) is 28.9 Å². The van der Waals surface area contributed by atoms with E-state index in [1.54, 1.807) is 0 Å². The fraction of sp³-hybridized carbons (Fsp3) is 0.533. The number of thioether (sulfide) groups is 1. The van der Waals surface area contributed by atoms with Gasteiger partial charge in [-0.2, -0.15) is 0 Å². The molecule has 0 aliphatic carbocycles. The molecule has 1 saturated heterocycles. The van der Waals surface area contributed by atoms with Crippen molar-refractivity contribution in [2.45, 2.75) is 24.4 Å². The predicted molar refractivity (Wildman–Crippen MR) is 94.7 cm³/mol. The predicted octanol–water partition coefficient (Wildman–Crippen LogP) is 2.13. The van der Waals surface area contributed by atoms with Crippen molar-refractivity contribution in [1.82, 2.24) is 15.3 Å². The maximum Gasteiger partial charge on any atom is 0.261 e. The van der Waals surface area contributed by atoms with Crippen LogP contribution in [0.25, 0.3) is 10.2 Å². The number of carbonyl (C=O) groups is 1. The molecule has 0 atom stereocenters. The summed E-state index contributed by atoms with van der Waals surface area (Å²) in [5.41, 5.74) is 0. The molecule has 0 bridgehead atoms. The second-order valence-corrected chi connectivity index (χ2v) is 7.19. The van der Waals surface area contributed by atoms with Gasteiger partial charge in [0.1, 0.15) is 10.6 Å². The number of aromatic nitrogens is 2. The highest BCUT2D eigenvalue weighted by molar-refractivity contribution is 7.98. The summed E-state index contributed by atoms with van der Waals surface area (Å²) >= 11 is 2.90. The van der Waals surface area contributed by atoms with Crippen LogP contribution in [0.5, 0.6) is 0 Å². The topological polar surface area (TPSA) is 78.4 Å². The number of nitrogens with one attached hydrogen (secondary N) is 1. The van der Waals surface area contributed by atoms with E-state index in [0.29, 0.717) is 4.88 Å². The van der Waals surface area contributed by atoms with Crippen molar-refractivity contribution in [3.05, 3.63) is 10.9 Å². The van der Waals surface area contributed by atoms with Crippen LogP contribution >= 0.6 is 23.1 Å². The van der Waals surface area contributed by atoms with E-state index in [2.05, 4.69) is 15.2 Å². The largest absolute Gasteiger partial charge is 0.395 e. The highest BCUT2D eigenvalue weighted by atomic mass is 32.2. The Balaban J connectivity index is 2.00. The number of piperidine rings is 1. The molecular weight excluding hydrogens is 332 g/mol. The summed E-state index contributed by atoms with van der Waals surface area (Å²) in [7, 11) is 0. The summed E-state index contributed by atoms with van der Waals surface area (Å²) < 4.78 is 0. The highest BCUT2D eigenvalue weighted by Gasteiger charge is 2.20. The summed E-state index contributed by atoms with van der Waals surface area (Å²) in [4.78, 5) is 25.1. The van der Waals surface area contributed by atoms with Gasteiger partial charge in [0.25, 0.3) is 5.91 Å². The number of thiophene rings is 1. The van der Waals surface area contributed by atoms with Crippen molar-refractivity contribution in [2.75, 3.05) is 37.4 Å². The van der Waals surface area contributed by atoms with Crippen LogP contribution in [0.4, 0.5) is 5.82 Å². The van der Waals surface area contributed by atoms with Gasteiger partial charge in [0.15, 0.2) is 5.16 Å². The molecule has 0 aromatic carbocycles. The quantitative estimate of drug-likeness (QED) is 0.634. The summed E-state index contributed by atoms with van der Waals surface area (Å²) in [5.74, 6) is 0.772. The second kappa shape index (κ2) is 7.46. The third-order valence-corrected chi connectivity index (χ3v) is 5.39. The van der Waals surface area contributed by atoms with Crippen LogP contribution in [-0.2, 0) is 0 Å². The smallest absolute Gasteiger partial charge is 0.261 e. The second-order valence-electron chi connectivity index (χ2n) is 5.39. The first-order chi connectivity index (χ1) is 11.2. The Morgan fingerprint density at radius 3 is 2.87 bits per heavy atom. The summed E-state index contributed by atoms with van der Waals surface area (Å²) in [5, 5.41) is 13.2. The molecule has 0 saturated carbocycles. The minimum atomic E-state index is -0.169. The van der Waals surface area contributed by atoms with Gasteiger partial charge in [-0.3, -0.25) is 4.79 Å². The summed E-state index contributed by atoms with van der Waals surface area (Å²) in [6, 6.07) is 1.88. The number of aliphatic hydroxyl groups is 1. The van der Waals surface area contributed by atoms with Crippen molar-refractivity contribution < 1.29 is 9.90 Å². The summed E-state index contributed by atoms with van der Waals surface area (Å²) in [6.07, 6.45) is 5.57. The van der Waals surface area contributed by atoms with Crippen molar-refractivity contribution >= 4 is 45.0 Å². The Labute approximate surface area is 143 Å². The first-order valence-corrected chi connectivity index (χ1v) is 9.76. The Morgan fingerprint density at radius 2 is 2.17 bits per heavy atom. The molecule has 8 heteroatoms. The van der Waals surface area contributed by atoms with E-state index in [1.807, 2.05) is 12.3 Å². The van der Waals surface area contributed by atoms with Crippen molar-refractivity contribution in [1.29, 1.82) is 0 Å². The minimum absolute atomic E-state index is 0.0634. The molecule has 0 spiro atoms. The molecule has 3 rings (SSSR count). The Morgan fingerprint density at radius 1 is 1.39 bits per heavy atom. The number of anilines is 1. The van der Waals surface area contributed by atoms with Gasteiger partial charge < -0.3 is 15.3 Å². The van der Waals surface area contributed by atoms with Crippen LogP contribution < -0.4 is 10.2 Å². The number of hydrogen-bond donors (Lipinski definition) is 2. The molecule has 1 aliphatic rings. The van der Waals surface area contributed by atoms with Crippen molar-refractivity contribution in [2.24, 2.45) is 0 Å². The lowest BCUT2D eigenvalue weighted by Crippen LogP contribution is -2.30. The maximum atomic E-state index is 12.1. The molecule has 23 heavy (non-hydrogen) atoms. The Kier molecular flexibility index (Phi) is 5.34. The zero-order chi connectivity index (χ0) is 16.2. The lowest BCUT2D eigenvalue weighted by atomic mass is 10.1. The van der Waals surface area contributed by atoms with E-state index in [4.69, 9.17) is 10.1 Å². The molecule has 0 unspecified atom stereocenters. The molecule has 2 N–H and O–H groups in total. The van der Waals surface area contributed by atoms with E-state index in [0.717, 1.165) is 34.3 Å². The van der Waals surface area contributed by atoms with Crippen LogP contribution in [0.2, 0.25) is 0 Å². The SMILES string of the molecule is CSc1nc(N2CCCCC2)c2cc(C(=O)NCCO)sc2n1. The van der Waals surface area contributed by atoms with E-state index >= 15 is 0 Å². The Hall–Kier alpha value is -1.38. The normalized spacial score (nSPS) is 15.1. The van der Waals surface area contributed by atoms with Gasteiger partial charge in [-0.05, 0) is 31.6 Å². The molecule has 1 fully saturated rings. The lowest BCUT2D eigenvalue weighted by molar-refractivity contribution is 0.0949. The molecule has 3 heterocycles. The zero-order valence-electron chi connectivity index (χ0n) is 13.0. The van der Waals surface area contributed by atoms with Gasteiger partial charge >= 0.3 is 0 Å². The number of fused-ring (bicyclic) bond motifs is 1. The first kappa shape index (κ1) is 16.5. The van der Waals surface area contributed by atoms with Gasteiger partial charge in [0.2, 0.25) is 0 Å². The van der Waals surface area contributed by atoms with E-state index in [-0.39, 0.29) is 19.1 Å². The summed E-state index contributed by atoms with van der Waals surface area (Å²) in [6.45, 7) is 2.20. The fourth-order valence-electron chi connectivity index (χ4n) is 2.69. The Bertz CT molecular complexity index is 698. The maximum absolute atomic E-state index is 12.1. The van der Waals surface area contributed by atoms with Gasteiger partial charge in [-0.1, -0.05) is 11.8 Å². The van der Waals surface area contributed by atoms with E-state index < -0.39 is 0 Å². The minimum Gasteiger partial charge on any atom is -0.395 e. The molecule has 2 aromatic rings. The van der Waals surface area contributed by atoms with Crippen LogP contribution in [0, 0.1) is 0 Å². The molecule has 2 aromatic heterocycles.